The van der Waals surface area contributed by atoms with Crippen LogP contribution in [0.4, 0.5) is 0 Å². The lowest BCUT2D eigenvalue weighted by Crippen LogP contribution is -1.98. The van der Waals surface area contributed by atoms with Gasteiger partial charge in [-0.2, -0.15) is 0 Å². The molecule has 2 nitrogen and oxygen atoms in total. The molecule has 0 bridgehead atoms. The Hall–Kier alpha value is -1.62. The predicted molar refractivity (Wildman–Crippen MR) is 66.0 cm³/mol. The lowest BCUT2D eigenvalue weighted by molar-refractivity contribution is 0.310. The van der Waals surface area contributed by atoms with Crippen molar-refractivity contribution in [3.05, 3.63) is 23.8 Å². The molecule has 0 amide bonds. The summed E-state index contributed by atoms with van der Waals surface area (Å²) in [5.41, 5.74) is 1.18. The second-order valence-electron chi connectivity index (χ2n) is 3.65. The van der Waals surface area contributed by atoms with Crippen LogP contribution in [0.1, 0.15) is 31.7 Å². The zero-order chi connectivity index (χ0) is 12.0. The molecule has 0 heterocycles. The molecule has 1 aromatic rings. The van der Waals surface area contributed by atoms with Crippen molar-refractivity contribution >= 4 is 0 Å². The molecule has 0 aliphatic rings. The molecule has 1 atom stereocenters. The Bertz CT molecular complexity index is 377. The van der Waals surface area contributed by atoms with Gasteiger partial charge in [-0.3, -0.25) is 0 Å². The van der Waals surface area contributed by atoms with Crippen LogP contribution in [0.25, 0.3) is 0 Å². The molecule has 16 heavy (non-hydrogen) atoms. The van der Waals surface area contributed by atoms with Crippen LogP contribution >= 0.6 is 0 Å². The van der Waals surface area contributed by atoms with Crippen molar-refractivity contribution in [2.24, 2.45) is 0 Å². The molecule has 0 aromatic heterocycles. The maximum atomic E-state index is 5.46. The normalized spacial score (nSPS) is 11.6. The minimum absolute atomic E-state index is 0.342. The number of ether oxygens (including phenoxy) is 2. The second-order valence-corrected chi connectivity index (χ2v) is 3.65. The first kappa shape index (κ1) is 12.4. The Morgan fingerprint density at radius 3 is 2.69 bits per heavy atom. The Balaban J connectivity index is 2.95. The highest BCUT2D eigenvalue weighted by molar-refractivity contribution is 5.44. The number of methoxy groups -OCH3 is 1. The Labute approximate surface area is 97.6 Å². The van der Waals surface area contributed by atoms with E-state index in [1.54, 1.807) is 7.11 Å². The van der Waals surface area contributed by atoms with Crippen molar-refractivity contribution in [1.82, 2.24) is 0 Å². The van der Waals surface area contributed by atoms with Gasteiger partial charge < -0.3 is 9.47 Å². The lowest BCUT2D eigenvalue weighted by atomic mass is 9.98. The van der Waals surface area contributed by atoms with Gasteiger partial charge in [0.05, 0.1) is 13.7 Å². The maximum absolute atomic E-state index is 5.46. The van der Waals surface area contributed by atoms with Crippen molar-refractivity contribution in [2.75, 3.05) is 13.7 Å². The molecule has 0 fully saturated rings. The quantitative estimate of drug-likeness (QED) is 0.706. The third-order valence-corrected chi connectivity index (χ3v) is 2.48. The summed E-state index contributed by atoms with van der Waals surface area (Å²) in [7, 11) is 1.65. The molecule has 1 rings (SSSR count). The van der Waals surface area contributed by atoms with Crippen LogP contribution in [0.15, 0.2) is 18.2 Å². The first-order chi connectivity index (χ1) is 7.72. The van der Waals surface area contributed by atoms with Crippen LogP contribution < -0.4 is 9.47 Å². The van der Waals surface area contributed by atoms with Gasteiger partial charge in [-0.25, -0.2) is 0 Å². The molecule has 86 valence electrons. The summed E-state index contributed by atoms with van der Waals surface area (Å²) in [6.07, 6.45) is 6.04. The largest absolute Gasteiger partial charge is 0.493 e. The second kappa shape index (κ2) is 6.07. The molecule has 0 radical (unpaired) electrons. The molecule has 2 heteroatoms. The lowest BCUT2D eigenvalue weighted by Gasteiger charge is -2.13. The highest BCUT2D eigenvalue weighted by Gasteiger charge is 2.09. The van der Waals surface area contributed by atoms with E-state index in [1.807, 2.05) is 25.1 Å². The van der Waals surface area contributed by atoms with E-state index >= 15 is 0 Å². The first-order valence-electron chi connectivity index (χ1n) is 5.47. The molecule has 1 aromatic carbocycles. The monoisotopic (exact) mass is 218 g/mol. The number of terminal acetylenes is 1. The summed E-state index contributed by atoms with van der Waals surface area (Å²) in [4.78, 5) is 0. The van der Waals surface area contributed by atoms with Crippen molar-refractivity contribution < 1.29 is 9.47 Å². The van der Waals surface area contributed by atoms with Crippen molar-refractivity contribution in [1.29, 1.82) is 0 Å². The zero-order valence-electron chi connectivity index (χ0n) is 10.1. The van der Waals surface area contributed by atoms with Gasteiger partial charge in [0.2, 0.25) is 0 Å². The Morgan fingerprint density at radius 1 is 1.38 bits per heavy atom. The van der Waals surface area contributed by atoms with E-state index in [-0.39, 0.29) is 0 Å². The minimum atomic E-state index is 0.342. The van der Waals surface area contributed by atoms with E-state index in [0.717, 1.165) is 17.9 Å². The van der Waals surface area contributed by atoms with Gasteiger partial charge in [0.1, 0.15) is 0 Å². The molecule has 0 aliphatic carbocycles. The van der Waals surface area contributed by atoms with Gasteiger partial charge in [-0.1, -0.05) is 13.0 Å². The van der Waals surface area contributed by atoms with Crippen LogP contribution in [-0.4, -0.2) is 13.7 Å². The van der Waals surface area contributed by atoms with Gasteiger partial charge in [0, 0.05) is 6.42 Å². The third kappa shape index (κ3) is 2.93. The van der Waals surface area contributed by atoms with Gasteiger partial charge >= 0.3 is 0 Å². The van der Waals surface area contributed by atoms with Crippen LogP contribution in [0.3, 0.4) is 0 Å². The van der Waals surface area contributed by atoms with Crippen LogP contribution in [0.2, 0.25) is 0 Å². The molecule has 0 spiro atoms. The summed E-state index contributed by atoms with van der Waals surface area (Å²) >= 11 is 0. The average Bonchev–Trinajstić information content (AvgIpc) is 2.30. The standard InChI is InChI=1S/C14H18O2/c1-5-7-11(3)12-8-9-13(16-6-2)14(10-12)15-4/h1,8-11H,6-7H2,2-4H3. The number of hydrogen-bond donors (Lipinski definition) is 0. The molecule has 0 saturated carbocycles. The molecule has 0 saturated heterocycles. The molecule has 0 aliphatic heterocycles. The van der Waals surface area contributed by atoms with E-state index in [9.17, 15) is 0 Å². The number of rotatable bonds is 5. The number of hydrogen-bond acceptors (Lipinski definition) is 2. The highest BCUT2D eigenvalue weighted by atomic mass is 16.5. The minimum Gasteiger partial charge on any atom is -0.493 e. The zero-order valence-corrected chi connectivity index (χ0v) is 10.1. The molecular formula is C14H18O2. The van der Waals surface area contributed by atoms with E-state index in [2.05, 4.69) is 12.8 Å². The van der Waals surface area contributed by atoms with Gasteiger partial charge in [0.25, 0.3) is 0 Å². The summed E-state index contributed by atoms with van der Waals surface area (Å²) in [6.45, 7) is 4.69. The molecular weight excluding hydrogens is 200 g/mol. The Morgan fingerprint density at radius 2 is 2.12 bits per heavy atom. The van der Waals surface area contributed by atoms with Crippen LogP contribution in [0.5, 0.6) is 11.5 Å². The van der Waals surface area contributed by atoms with Gasteiger partial charge in [0.15, 0.2) is 11.5 Å². The molecule has 0 N–H and O–H groups in total. The number of benzene rings is 1. The van der Waals surface area contributed by atoms with E-state index in [4.69, 9.17) is 15.9 Å². The fraction of sp³-hybridized carbons (Fsp3) is 0.429. The van der Waals surface area contributed by atoms with E-state index in [1.165, 1.54) is 5.56 Å². The van der Waals surface area contributed by atoms with E-state index < -0.39 is 0 Å². The van der Waals surface area contributed by atoms with Crippen LogP contribution in [0, 0.1) is 12.3 Å². The van der Waals surface area contributed by atoms with E-state index in [0.29, 0.717) is 12.5 Å². The highest BCUT2D eigenvalue weighted by Crippen LogP contribution is 2.31. The summed E-state index contributed by atoms with van der Waals surface area (Å²) in [5, 5.41) is 0. The molecule has 1 unspecified atom stereocenters. The first-order valence-corrected chi connectivity index (χ1v) is 5.47. The predicted octanol–water partition coefficient (Wildman–Crippen LogP) is 3.22. The van der Waals surface area contributed by atoms with Gasteiger partial charge in [-0.05, 0) is 30.5 Å². The fourth-order valence-electron chi connectivity index (χ4n) is 1.56. The summed E-state index contributed by atoms with van der Waals surface area (Å²) in [6, 6.07) is 5.97. The van der Waals surface area contributed by atoms with Crippen molar-refractivity contribution in [3.63, 3.8) is 0 Å². The van der Waals surface area contributed by atoms with Crippen LogP contribution in [-0.2, 0) is 0 Å². The van der Waals surface area contributed by atoms with Crippen molar-refractivity contribution in [3.8, 4) is 23.8 Å². The smallest absolute Gasteiger partial charge is 0.161 e. The maximum Gasteiger partial charge on any atom is 0.161 e. The van der Waals surface area contributed by atoms with Crippen molar-refractivity contribution in [2.45, 2.75) is 26.2 Å². The average molecular weight is 218 g/mol. The fourth-order valence-corrected chi connectivity index (χ4v) is 1.56. The van der Waals surface area contributed by atoms with Gasteiger partial charge in [-0.15, -0.1) is 12.3 Å². The SMILES string of the molecule is C#CCC(C)c1ccc(OCC)c(OC)c1. The summed E-state index contributed by atoms with van der Waals surface area (Å²) in [5.74, 6) is 4.56. The summed E-state index contributed by atoms with van der Waals surface area (Å²) < 4.78 is 10.7. The topological polar surface area (TPSA) is 18.5 Å². The Kier molecular flexibility index (Phi) is 4.72. The third-order valence-electron chi connectivity index (χ3n) is 2.48.